The fourth-order valence-corrected chi connectivity index (χ4v) is 1.14. The van der Waals surface area contributed by atoms with Crippen molar-refractivity contribution in [2.45, 2.75) is 19.8 Å². The van der Waals surface area contributed by atoms with Crippen LogP contribution in [0.1, 0.15) is 19.8 Å². The van der Waals surface area contributed by atoms with Crippen LogP contribution in [0.3, 0.4) is 0 Å². The van der Waals surface area contributed by atoms with E-state index in [2.05, 4.69) is 22.1 Å². The maximum atomic E-state index is 8.60. The molecule has 92 valence electrons. The van der Waals surface area contributed by atoms with Gasteiger partial charge in [-0.15, -0.1) is 4.99 Å². The second-order valence-electron chi connectivity index (χ2n) is 4.04. The molecule has 0 spiro atoms. The number of hydrogen-bond donors (Lipinski definition) is 1. The summed E-state index contributed by atoms with van der Waals surface area (Å²) in [4.78, 5) is 7.87. The Bertz CT molecular complexity index is 241. The number of unbranched alkanes of at least 4 members (excludes halogenated alkanes) is 1. The molecule has 0 aromatic heterocycles. The number of nitrogens with one attached hydrogen (secondary N) is 1. The highest BCUT2D eigenvalue weighted by Crippen LogP contribution is 1.89. The van der Waals surface area contributed by atoms with E-state index in [0.29, 0.717) is 5.96 Å². The molecule has 1 N–H and O–H groups in total. The quantitative estimate of drug-likeness (QED) is 0.313. The second kappa shape index (κ2) is 8.98. The van der Waals surface area contributed by atoms with Crippen LogP contribution in [0.5, 0.6) is 0 Å². The summed E-state index contributed by atoms with van der Waals surface area (Å²) >= 11 is 0. The lowest BCUT2D eigenvalue weighted by Crippen LogP contribution is -2.42. The molecule has 0 unspecified atom stereocenters. The Labute approximate surface area is 98.7 Å². The zero-order valence-corrected chi connectivity index (χ0v) is 10.8. The summed E-state index contributed by atoms with van der Waals surface area (Å²) in [5.74, 6) is 0.665. The minimum atomic E-state index is 0.665. The lowest BCUT2D eigenvalue weighted by molar-refractivity contribution is 0.352. The fraction of sp³-hybridized carbons (Fsp3) is 0.818. The first kappa shape index (κ1) is 14.7. The van der Waals surface area contributed by atoms with E-state index >= 15 is 0 Å². The summed E-state index contributed by atoms with van der Waals surface area (Å²) in [6.45, 7) is 4.80. The van der Waals surface area contributed by atoms with Crippen molar-refractivity contribution in [2.24, 2.45) is 4.99 Å². The van der Waals surface area contributed by atoms with E-state index in [4.69, 9.17) is 5.26 Å². The molecule has 0 aliphatic heterocycles. The van der Waals surface area contributed by atoms with Crippen LogP contribution in [0.4, 0.5) is 0 Å². The molecule has 0 rings (SSSR count). The number of nitrogens with zero attached hydrogens (tertiary/aromatic N) is 4. The zero-order valence-electron chi connectivity index (χ0n) is 10.8. The topological polar surface area (TPSA) is 54.7 Å². The standard InChI is InChI=1S/C11H23N5/c1-5-6-7-13-11(14-10-12)16(4)9-8-15(2)3/h5-9H2,1-4H3,(H,13,14). The van der Waals surface area contributed by atoms with Crippen molar-refractivity contribution >= 4 is 5.96 Å². The third-order valence-corrected chi connectivity index (χ3v) is 2.21. The second-order valence-corrected chi connectivity index (χ2v) is 4.04. The summed E-state index contributed by atoms with van der Waals surface area (Å²) in [6, 6.07) is 0. The van der Waals surface area contributed by atoms with Crippen molar-refractivity contribution in [2.75, 3.05) is 40.8 Å². The van der Waals surface area contributed by atoms with E-state index in [1.807, 2.05) is 32.2 Å². The van der Waals surface area contributed by atoms with Crippen LogP contribution in [0.25, 0.3) is 0 Å². The minimum Gasteiger partial charge on any atom is -0.355 e. The summed E-state index contributed by atoms with van der Waals surface area (Å²) in [7, 11) is 6.00. The van der Waals surface area contributed by atoms with E-state index in [1.165, 1.54) is 0 Å². The van der Waals surface area contributed by atoms with E-state index in [0.717, 1.165) is 32.5 Å². The van der Waals surface area contributed by atoms with Crippen molar-refractivity contribution in [3.8, 4) is 6.19 Å². The molecular formula is C11H23N5. The Morgan fingerprint density at radius 2 is 2.00 bits per heavy atom. The third kappa shape index (κ3) is 7.07. The smallest absolute Gasteiger partial charge is 0.209 e. The molecule has 0 atom stereocenters. The maximum Gasteiger partial charge on any atom is 0.209 e. The van der Waals surface area contributed by atoms with Crippen molar-refractivity contribution in [3.05, 3.63) is 0 Å². The molecule has 0 radical (unpaired) electrons. The largest absolute Gasteiger partial charge is 0.355 e. The number of likely N-dealkylation sites (N-methyl/N-ethyl adjacent to an activating group) is 2. The molecular weight excluding hydrogens is 202 g/mol. The van der Waals surface area contributed by atoms with Crippen molar-refractivity contribution in [1.82, 2.24) is 15.1 Å². The van der Waals surface area contributed by atoms with Crippen molar-refractivity contribution in [3.63, 3.8) is 0 Å². The lowest BCUT2D eigenvalue weighted by Gasteiger charge is -2.22. The first-order valence-electron chi connectivity index (χ1n) is 5.68. The molecule has 0 heterocycles. The molecule has 0 aromatic rings. The van der Waals surface area contributed by atoms with Gasteiger partial charge in [-0.25, -0.2) is 0 Å². The Morgan fingerprint density at radius 3 is 2.50 bits per heavy atom. The maximum absolute atomic E-state index is 8.60. The summed E-state index contributed by atoms with van der Waals surface area (Å²) in [6.07, 6.45) is 4.06. The normalized spacial score (nSPS) is 11.4. The highest BCUT2D eigenvalue weighted by Gasteiger charge is 2.05. The molecule has 5 heteroatoms. The molecule has 0 saturated heterocycles. The number of guanidine groups is 1. The van der Waals surface area contributed by atoms with Crippen LogP contribution in [0.15, 0.2) is 4.99 Å². The van der Waals surface area contributed by atoms with Gasteiger partial charge in [-0.2, -0.15) is 5.26 Å². The summed E-state index contributed by atoms with van der Waals surface area (Å²) in [5, 5.41) is 11.8. The number of nitriles is 1. The molecule has 0 aliphatic rings. The van der Waals surface area contributed by atoms with Gasteiger partial charge in [-0.05, 0) is 20.5 Å². The van der Waals surface area contributed by atoms with Gasteiger partial charge in [0.25, 0.3) is 0 Å². The average molecular weight is 225 g/mol. The first-order valence-corrected chi connectivity index (χ1v) is 5.68. The molecule has 0 bridgehead atoms. The molecule has 0 amide bonds. The van der Waals surface area contributed by atoms with Crippen LogP contribution in [0.2, 0.25) is 0 Å². The minimum absolute atomic E-state index is 0.665. The lowest BCUT2D eigenvalue weighted by atomic mass is 10.3. The van der Waals surface area contributed by atoms with Gasteiger partial charge in [-0.1, -0.05) is 13.3 Å². The van der Waals surface area contributed by atoms with Gasteiger partial charge < -0.3 is 15.1 Å². The SMILES string of the molecule is CCCCN/C(=N/C#N)N(C)CCN(C)C. The summed E-state index contributed by atoms with van der Waals surface area (Å²) < 4.78 is 0. The summed E-state index contributed by atoms with van der Waals surface area (Å²) in [5.41, 5.74) is 0. The van der Waals surface area contributed by atoms with E-state index in [-0.39, 0.29) is 0 Å². The predicted molar refractivity (Wildman–Crippen MR) is 67.1 cm³/mol. The van der Waals surface area contributed by atoms with E-state index in [9.17, 15) is 0 Å². The molecule has 0 saturated carbocycles. The molecule has 5 nitrogen and oxygen atoms in total. The Hall–Kier alpha value is -1.28. The van der Waals surface area contributed by atoms with Gasteiger partial charge in [-0.3, -0.25) is 0 Å². The van der Waals surface area contributed by atoms with Crippen LogP contribution < -0.4 is 5.32 Å². The Morgan fingerprint density at radius 1 is 1.31 bits per heavy atom. The first-order chi connectivity index (χ1) is 7.61. The van der Waals surface area contributed by atoms with Crippen LogP contribution in [-0.2, 0) is 0 Å². The number of hydrogen-bond acceptors (Lipinski definition) is 3. The third-order valence-electron chi connectivity index (χ3n) is 2.21. The van der Waals surface area contributed by atoms with Crippen LogP contribution in [0, 0.1) is 11.5 Å². The van der Waals surface area contributed by atoms with Gasteiger partial charge in [0, 0.05) is 26.7 Å². The number of rotatable bonds is 6. The van der Waals surface area contributed by atoms with Gasteiger partial charge in [0.1, 0.15) is 0 Å². The Balaban J connectivity index is 4.10. The van der Waals surface area contributed by atoms with E-state index < -0.39 is 0 Å². The van der Waals surface area contributed by atoms with Gasteiger partial charge in [0.2, 0.25) is 12.2 Å². The predicted octanol–water partition coefficient (Wildman–Crippen LogP) is 0.707. The highest BCUT2D eigenvalue weighted by atomic mass is 15.3. The van der Waals surface area contributed by atoms with Crippen molar-refractivity contribution < 1.29 is 0 Å². The molecule has 0 aromatic carbocycles. The van der Waals surface area contributed by atoms with E-state index in [1.54, 1.807) is 0 Å². The molecule has 0 aliphatic carbocycles. The number of aliphatic imine (C=N–C) groups is 1. The fourth-order valence-electron chi connectivity index (χ4n) is 1.14. The molecule has 16 heavy (non-hydrogen) atoms. The highest BCUT2D eigenvalue weighted by molar-refractivity contribution is 5.80. The van der Waals surface area contributed by atoms with Gasteiger partial charge in [0.05, 0.1) is 0 Å². The van der Waals surface area contributed by atoms with Crippen LogP contribution in [-0.4, -0.2) is 56.5 Å². The van der Waals surface area contributed by atoms with Crippen LogP contribution >= 0.6 is 0 Å². The monoisotopic (exact) mass is 225 g/mol. The Kier molecular flexibility index (Phi) is 8.26. The molecule has 0 fully saturated rings. The van der Waals surface area contributed by atoms with Gasteiger partial charge >= 0.3 is 0 Å². The van der Waals surface area contributed by atoms with Crippen molar-refractivity contribution in [1.29, 1.82) is 5.26 Å². The average Bonchev–Trinajstić information content (AvgIpc) is 2.25. The zero-order chi connectivity index (χ0) is 12.4. The van der Waals surface area contributed by atoms with Gasteiger partial charge in [0.15, 0.2) is 0 Å².